The molecule has 4 nitrogen and oxygen atoms in total. The van der Waals surface area contributed by atoms with Crippen LogP contribution in [0, 0.1) is 5.41 Å². The molecular formula is C17H26N2O2. The van der Waals surface area contributed by atoms with E-state index in [4.69, 9.17) is 10.5 Å². The first-order valence-electron chi connectivity index (χ1n) is 7.55. The van der Waals surface area contributed by atoms with Crippen molar-refractivity contribution in [2.45, 2.75) is 45.6 Å². The number of carbonyl (C=O) groups excluding carboxylic acids is 1. The number of hydrogen-bond acceptors (Lipinski definition) is 4. The van der Waals surface area contributed by atoms with E-state index in [-0.39, 0.29) is 5.97 Å². The highest BCUT2D eigenvalue weighted by Gasteiger charge is 2.29. The quantitative estimate of drug-likeness (QED) is 0.684. The van der Waals surface area contributed by atoms with Gasteiger partial charge >= 0.3 is 5.97 Å². The van der Waals surface area contributed by atoms with Gasteiger partial charge in [-0.15, -0.1) is 0 Å². The number of hydrogen-bond donors (Lipinski definition) is 1. The Morgan fingerprint density at radius 1 is 1.33 bits per heavy atom. The Kier molecular flexibility index (Phi) is 4.45. The average molecular weight is 290 g/mol. The van der Waals surface area contributed by atoms with E-state index in [0.717, 1.165) is 18.5 Å². The van der Waals surface area contributed by atoms with Gasteiger partial charge in [0.2, 0.25) is 0 Å². The second kappa shape index (κ2) is 5.96. The molecule has 0 aliphatic heterocycles. The largest absolute Gasteiger partial charge is 0.465 e. The minimum absolute atomic E-state index is 0.382. The minimum atomic E-state index is -0.382. The topological polar surface area (TPSA) is 55.6 Å². The van der Waals surface area contributed by atoms with Crippen LogP contribution in [0.5, 0.6) is 0 Å². The molecule has 1 aliphatic rings. The number of ether oxygens (including phenoxy) is 1. The van der Waals surface area contributed by atoms with Crippen LogP contribution in [0.2, 0.25) is 0 Å². The normalized spacial score (nSPS) is 18.3. The van der Waals surface area contributed by atoms with Crippen molar-refractivity contribution < 1.29 is 9.53 Å². The predicted octanol–water partition coefficient (Wildman–Crippen LogP) is 3.46. The first kappa shape index (κ1) is 15.7. The van der Waals surface area contributed by atoms with E-state index < -0.39 is 0 Å². The van der Waals surface area contributed by atoms with Crippen LogP contribution < -0.4 is 10.6 Å². The zero-order valence-corrected chi connectivity index (χ0v) is 13.5. The maximum absolute atomic E-state index is 11.7. The highest BCUT2D eigenvalue weighted by molar-refractivity contribution is 5.98. The summed E-state index contributed by atoms with van der Waals surface area (Å²) < 4.78 is 4.79. The summed E-state index contributed by atoms with van der Waals surface area (Å²) in [7, 11) is 3.44. The van der Waals surface area contributed by atoms with Gasteiger partial charge in [-0.2, -0.15) is 0 Å². The summed E-state index contributed by atoms with van der Waals surface area (Å²) >= 11 is 0. The summed E-state index contributed by atoms with van der Waals surface area (Å²) in [5, 5.41) is 0. The third kappa shape index (κ3) is 3.31. The molecule has 0 amide bonds. The number of nitrogens with zero attached hydrogens (tertiary/aromatic N) is 1. The molecule has 1 saturated carbocycles. The molecule has 1 aliphatic carbocycles. The Morgan fingerprint density at radius 2 is 1.95 bits per heavy atom. The number of methoxy groups -OCH3 is 1. The van der Waals surface area contributed by atoms with E-state index in [0.29, 0.717) is 22.7 Å². The Hall–Kier alpha value is -1.71. The Balaban J connectivity index is 2.20. The van der Waals surface area contributed by atoms with Crippen molar-refractivity contribution in [3.63, 3.8) is 0 Å². The zero-order chi connectivity index (χ0) is 15.6. The third-order valence-electron chi connectivity index (χ3n) is 4.72. The van der Waals surface area contributed by atoms with Gasteiger partial charge < -0.3 is 15.4 Å². The molecular weight excluding hydrogens is 264 g/mol. The number of esters is 1. The number of anilines is 2. The molecule has 1 aromatic rings. The van der Waals surface area contributed by atoms with Gasteiger partial charge in [-0.05, 0) is 43.2 Å². The SMILES string of the molecule is COC(=O)c1cccc(N(C)C2CCC(C)(C)CC2)c1N. The lowest BCUT2D eigenvalue weighted by Gasteiger charge is -2.40. The van der Waals surface area contributed by atoms with Crippen LogP contribution in [-0.2, 0) is 4.74 Å². The smallest absolute Gasteiger partial charge is 0.340 e. The van der Waals surface area contributed by atoms with Crippen LogP contribution in [0.25, 0.3) is 0 Å². The van der Waals surface area contributed by atoms with E-state index in [2.05, 4.69) is 25.8 Å². The van der Waals surface area contributed by atoms with E-state index >= 15 is 0 Å². The summed E-state index contributed by atoms with van der Waals surface area (Å²) in [6, 6.07) is 6.03. The molecule has 0 saturated heterocycles. The Labute approximate surface area is 127 Å². The van der Waals surface area contributed by atoms with Gasteiger partial charge in [0.15, 0.2) is 0 Å². The molecule has 1 aromatic carbocycles. The number of nitrogens with two attached hydrogens (primary N) is 1. The maximum Gasteiger partial charge on any atom is 0.340 e. The molecule has 0 bridgehead atoms. The number of rotatable bonds is 3. The molecule has 116 valence electrons. The summed E-state index contributed by atoms with van der Waals surface area (Å²) in [5.74, 6) is -0.382. The number of benzene rings is 1. The molecule has 21 heavy (non-hydrogen) atoms. The molecule has 0 spiro atoms. The van der Waals surface area contributed by atoms with Gasteiger partial charge in [0, 0.05) is 13.1 Å². The molecule has 2 rings (SSSR count). The number of carbonyl (C=O) groups is 1. The summed E-state index contributed by atoms with van der Waals surface area (Å²) in [6.07, 6.45) is 4.76. The molecule has 0 unspecified atom stereocenters. The molecule has 4 heteroatoms. The van der Waals surface area contributed by atoms with Crippen molar-refractivity contribution >= 4 is 17.3 Å². The van der Waals surface area contributed by atoms with Crippen LogP contribution >= 0.6 is 0 Å². The lowest BCUT2D eigenvalue weighted by molar-refractivity contribution is 0.0602. The van der Waals surface area contributed by atoms with Gasteiger partial charge in [0.1, 0.15) is 0 Å². The van der Waals surface area contributed by atoms with Crippen molar-refractivity contribution in [2.24, 2.45) is 5.41 Å². The van der Waals surface area contributed by atoms with Crippen molar-refractivity contribution in [3.05, 3.63) is 23.8 Å². The van der Waals surface area contributed by atoms with E-state index in [9.17, 15) is 4.79 Å². The van der Waals surface area contributed by atoms with Gasteiger partial charge in [-0.1, -0.05) is 19.9 Å². The summed E-state index contributed by atoms with van der Waals surface area (Å²) in [6.45, 7) is 4.66. The van der Waals surface area contributed by atoms with Crippen molar-refractivity contribution in [1.29, 1.82) is 0 Å². The van der Waals surface area contributed by atoms with Crippen LogP contribution in [0.4, 0.5) is 11.4 Å². The molecule has 0 atom stereocenters. The first-order valence-corrected chi connectivity index (χ1v) is 7.55. The maximum atomic E-state index is 11.7. The number of para-hydroxylation sites is 1. The lowest BCUT2D eigenvalue weighted by atomic mass is 9.75. The molecule has 0 heterocycles. The van der Waals surface area contributed by atoms with Crippen LogP contribution in [0.1, 0.15) is 49.9 Å². The van der Waals surface area contributed by atoms with Gasteiger partial charge in [0.25, 0.3) is 0 Å². The van der Waals surface area contributed by atoms with E-state index in [1.807, 2.05) is 12.1 Å². The Bertz CT molecular complexity index is 516. The molecule has 1 fully saturated rings. The van der Waals surface area contributed by atoms with Gasteiger partial charge in [0.05, 0.1) is 24.0 Å². The predicted molar refractivity (Wildman–Crippen MR) is 86.6 cm³/mol. The number of nitrogen functional groups attached to an aromatic ring is 1. The summed E-state index contributed by atoms with van der Waals surface area (Å²) in [4.78, 5) is 14.0. The zero-order valence-electron chi connectivity index (χ0n) is 13.5. The van der Waals surface area contributed by atoms with Crippen LogP contribution in [0.15, 0.2) is 18.2 Å². The third-order valence-corrected chi connectivity index (χ3v) is 4.72. The van der Waals surface area contributed by atoms with E-state index in [1.54, 1.807) is 6.07 Å². The highest BCUT2D eigenvalue weighted by Crippen LogP contribution is 2.39. The first-order chi connectivity index (χ1) is 9.85. The monoisotopic (exact) mass is 290 g/mol. The van der Waals surface area contributed by atoms with E-state index in [1.165, 1.54) is 20.0 Å². The standard InChI is InChI=1S/C17H26N2O2/c1-17(2)10-8-12(9-11-17)19(3)14-7-5-6-13(15(14)18)16(20)21-4/h5-7,12H,8-11,18H2,1-4H3. The fourth-order valence-corrected chi connectivity index (χ4v) is 3.12. The second-order valence-corrected chi connectivity index (χ2v) is 6.74. The summed E-state index contributed by atoms with van der Waals surface area (Å²) in [5.41, 5.74) is 8.49. The Morgan fingerprint density at radius 3 is 2.52 bits per heavy atom. The average Bonchev–Trinajstić information content (AvgIpc) is 2.46. The molecule has 2 N–H and O–H groups in total. The van der Waals surface area contributed by atoms with Crippen LogP contribution in [-0.4, -0.2) is 26.2 Å². The molecule has 0 aromatic heterocycles. The molecule has 0 radical (unpaired) electrons. The van der Waals surface area contributed by atoms with Crippen molar-refractivity contribution in [2.75, 3.05) is 24.8 Å². The lowest BCUT2D eigenvalue weighted by Crippen LogP contribution is -2.37. The van der Waals surface area contributed by atoms with Gasteiger partial charge in [-0.3, -0.25) is 0 Å². The fraction of sp³-hybridized carbons (Fsp3) is 0.588. The van der Waals surface area contributed by atoms with Crippen molar-refractivity contribution in [3.8, 4) is 0 Å². The highest BCUT2D eigenvalue weighted by atomic mass is 16.5. The van der Waals surface area contributed by atoms with Gasteiger partial charge in [-0.25, -0.2) is 4.79 Å². The second-order valence-electron chi connectivity index (χ2n) is 6.74. The van der Waals surface area contributed by atoms with Crippen LogP contribution in [0.3, 0.4) is 0 Å². The van der Waals surface area contributed by atoms with Crippen molar-refractivity contribution in [1.82, 2.24) is 0 Å². The fourth-order valence-electron chi connectivity index (χ4n) is 3.12. The minimum Gasteiger partial charge on any atom is -0.465 e.